The second-order valence-electron chi connectivity index (χ2n) is 7.27. The van der Waals surface area contributed by atoms with Crippen LogP contribution in [0.1, 0.15) is 42.6 Å². The van der Waals surface area contributed by atoms with Crippen LogP contribution in [0.3, 0.4) is 0 Å². The number of rotatable bonds is 5. The molecule has 1 heterocycles. The zero-order valence-corrected chi connectivity index (χ0v) is 16.9. The fourth-order valence-electron chi connectivity index (χ4n) is 3.80. The Morgan fingerprint density at radius 3 is 2.28 bits per heavy atom. The molecule has 0 N–H and O–H groups in total. The number of likely N-dealkylation sites (tertiary alicyclic amines) is 1. The summed E-state index contributed by atoms with van der Waals surface area (Å²) < 4.78 is 0. The molecule has 0 saturated carbocycles. The standard InChI is InChI=1S/C22H27NO.BrH/c1-18-17-23(15-13-21(24)19-9-5-3-6-10-19)16-14-22(18,2)20-11-7-4-8-12-20;/h3-12,18H,13-17H2,1-2H3;1H. The van der Waals surface area contributed by atoms with E-state index >= 15 is 0 Å². The summed E-state index contributed by atoms with van der Waals surface area (Å²) >= 11 is 0. The maximum absolute atomic E-state index is 12.3. The lowest BCUT2D eigenvalue weighted by Gasteiger charge is -2.45. The number of hydrogen-bond donors (Lipinski definition) is 0. The molecule has 134 valence electrons. The average Bonchev–Trinajstić information content (AvgIpc) is 2.64. The van der Waals surface area contributed by atoms with Gasteiger partial charge in [0.2, 0.25) is 0 Å². The second kappa shape index (κ2) is 8.77. The minimum absolute atomic E-state index is 0. The van der Waals surface area contributed by atoms with Crippen LogP contribution in [0.5, 0.6) is 0 Å². The van der Waals surface area contributed by atoms with Gasteiger partial charge in [0.15, 0.2) is 5.78 Å². The van der Waals surface area contributed by atoms with Crippen LogP contribution in [-0.4, -0.2) is 30.3 Å². The molecule has 0 aliphatic carbocycles. The number of carbonyl (C=O) groups is 1. The van der Waals surface area contributed by atoms with Crippen LogP contribution in [0.25, 0.3) is 0 Å². The van der Waals surface area contributed by atoms with E-state index in [1.807, 2.05) is 30.3 Å². The lowest BCUT2D eigenvalue weighted by molar-refractivity contribution is 0.0887. The molecule has 3 heteroatoms. The number of nitrogens with zero attached hydrogens (tertiary/aromatic N) is 1. The van der Waals surface area contributed by atoms with Gasteiger partial charge < -0.3 is 4.90 Å². The number of carbonyl (C=O) groups excluding carboxylic acids is 1. The van der Waals surface area contributed by atoms with Gasteiger partial charge in [0.05, 0.1) is 0 Å². The number of Topliss-reactive ketones (excluding diaryl/α,β-unsaturated/α-hetero) is 1. The summed E-state index contributed by atoms with van der Waals surface area (Å²) in [5.74, 6) is 0.833. The van der Waals surface area contributed by atoms with E-state index in [1.165, 1.54) is 5.56 Å². The Morgan fingerprint density at radius 2 is 1.68 bits per heavy atom. The van der Waals surface area contributed by atoms with Gasteiger partial charge in [0.1, 0.15) is 0 Å². The van der Waals surface area contributed by atoms with E-state index in [0.29, 0.717) is 12.3 Å². The molecule has 0 spiro atoms. The molecule has 2 aromatic carbocycles. The summed E-state index contributed by atoms with van der Waals surface area (Å²) in [6.07, 6.45) is 1.76. The molecule has 1 aliphatic heterocycles. The van der Waals surface area contributed by atoms with Gasteiger partial charge >= 0.3 is 0 Å². The van der Waals surface area contributed by atoms with Crippen LogP contribution in [-0.2, 0) is 5.41 Å². The van der Waals surface area contributed by atoms with Crippen molar-refractivity contribution in [3.63, 3.8) is 0 Å². The van der Waals surface area contributed by atoms with Crippen molar-refractivity contribution in [2.45, 2.75) is 32.1 Å². The van der Waals surface area contributed by atoms with E-state index in [9.17, 15) is 4.79 Å². The fraction of sp³-hybridized carbons (Fsp3) is 0.409. The molecule has 0 amide bonds. The summed E-state index contributed by atoms with van der Waals surface area (Å²) in [6.45, 7) is 7.73. The van der Waals surface area contributed by atoms with Crippen LogP contribution in [0.4, 0.5) is 0 Å². The van der Waals surface area contributed by atoms with Gasteiger partial charge in [-0.2, -0.15) is 0 Å². The van der Waals surface area contributed by atoms with E-state index in [0.717, 1.165) is 31.6 Å². The number of hydrogen-bond acceptors (Lipinski definition) is 2. The van der Waals surface area contributed by atoms with Crippen molar-refractivity contribution >= 4 is 22.8 Å². The molecule has 1 saturated heterocycles. The highest BCUT2D eigenvalue weighted by Crippen LogP contribution is 2.39. The third kappa shape index (κ3) is 4.59. The Bertz CT molecular complexity index is 673. The van der Waals surface area contributed by atoms with Crippen molar-refractivity contribution in [3.05, 3.63) is 71.8 Å². The lowest BCUT2D eigenvalue weighted by Crippen LogP contribution is -2.47. The average molecular weight is 402 g/mol. The molecule has 0 aromatic heterocycles. The smallest absolute Gasteiger partial charge is 0.164 e. The third-order valence-electron chi connectivity index (χ3n) is 5.75. The van der Waals surface area contributed by atoms with Gasteiger partial charge in [-0.05, 0) is 29.9 Å². The normalized spacial score (nSPS) is 23.7. The van der Waals surface area contributed by atoms with Crippen LogP contribution in [0.2, 0.25) is 0 Å². The maximum Gasteiger partial charge on any atom is 0.164 e. The molecule has 2 atom stereocenters. The Labute approximate surface area is 162 Å². The van der Waals surface area contributed by atoms with Crippen molar-refractivity contribution < 1.29 is 4.79 Å². The third-order valence-corrected chi connectivity index (χ3v) is 5.75. The molecule has 0 radical (unpaired) electrons. The molecule has 0 bridgehead atoms. The van der Waals surface area contributed by atoms with Gasteiger partial charge in [0, 0.05) is 25.1 Å². The Kier molecular flexibility index (Phi) is 6.97. The molecular formula is C22H28BrNO. The van der Waals surface area contributed by atoms with E-state index in [-0.39, 0.29) is 28.2 Å². The van der Waals surface area contributed by atoms with E-state index in [4.69, 9.17) is 0 Å². The summed E-state index contributed by atoms with van der Waals surface area (Å²) in [5.41, 5.74) is 2.51. The zero-order chi connectivity index (χ0) is 17.0. The van der Waals surface area contributed by atoms with Crippen LogP contribution < -0.4 is 0 Å². The first-order valence-electron chi connectivity index (χ1n) is 8.96. The Morgan fingerprint density at radius 1 is 1.08 bits per heavy atom. The first-order chi connectivity index (χ1) is 11.6. The summed E-state index contributed by atoms with van der Waals surface area (Å²) in [6, 6.07) is 20.5. The molecule has 25 heavy (non-hydrogen) atoms. The van der Waals surface area contributed by atoms with E-state index < -0.39 is 0 Å². The molecule has 2 unspecified atom stereocenters. The minimum Gasteiger partial charge on any atom is -0.303 e. The van der Waals surface area contributed by atoms with Gasteiger partial charge in [-0.15, -0.1) is 17.0 Å². The topological polar surface area (TPSA) is 20.3 Å². The highest BCUT2D eigenvalue weighted by molar-refractivity contribution is 8.93. The summed E-state index contributed by atoms with van der Waals surface area (Å²) in [4.78, 5) is 14.7. The summed E-state index contributed by atoms with van der Waals surface area (Å²) in [5, 5.41) is 0. The highest BCUT2D eigenvalue weighted by Gasteiger charge is 2.37. The number of ketones is 1. The fourth-order valence-corrected chi connectivity index (χ4v) is 3.80. The first kappa shape index (κ1) is 19.9. The van der Waals surface area contributed by atoms with Crippen LogP contribution in [0.15, 0.2) is 60.7 Å². The molecule has 2 nitrogen and oxygen atoms in total. The molecule has 3 rings (SSSR count). The second-order valence-corrected chi connectivity index (χ2v) is 7.27. The van der Waals surface area contributed by atoms with E-state index in [2.05, 4.69) is 49.1 Å². The Hall–Kier alpha value is -1.45. The van der Waals surface area contributed by atoms with Crippen molar-refractivity contribution in [1.82, 2.24) is 4.90 Å². The zero-order valence-electron chi connectivity index (χ0n) is 15.2. The lowest BCUT2D eigenvalue weighted by atomic mass is 9.68. The predicted molar refractivity (Wildman–Crippen MR) is 110 cm³/mol. The SMILES string of the molecule is Br.CC1CN(CCC(=O)c2ccccc2)CCC1(C)c1ccccc1. The van der Waals surface area contributed by atoms with Gasteiger partial charge in [0.25, 0.3) is 0 Å². The maximum atomic E-state index is 12.3. The molecule has 1 aliphatic rings. The molecule has 2 aromatic rings. The minimum atomic E-state index is 0. The number of benzene rings is 2. The largest absolute Gasteiger partial charge is 0.303 e. The van der Waals surface area contributed by atoms with Crippen molar-refractivity contribution in [2.24, 2.45) is 5.92 Å². The quantitative estimate of drug-likeness (QED) is 0.646. The predicted octanol–water partition coefficient (Wildman–Crippen LogP) is 5.14. The van der Waals surface area contributed by atoms with Crippen molar-refractivity contribution in [1.29, 1.82) is 0 Å². The van der Waals surface area contributed by atoms with Crippen molar-refractivity contribution in [2.75, 3.05) is 19.6 Å². The number of halogens is 1. The first-order valence-corrected chi connectivity index (χ1v) is 8.96. The van der Waals surface area contributed by atoms with E-state index in [1.54, 1.807) is 0 Å². The van der Waals surface area contributed by atoms with Gasteiger partial charge in [-0.25, -0.2) is 0 Å². The summed E-state index contributed by atoms with van der Waals surface area (Å²) in [7, 11) is 0. The van der Waals surface area contributed by atoms with Crippen LogP contribution in [0, 0.1) is 5.92 Å². The highest BCUT2D eigenvalue weighted by atomic mass is 79.9. The molecular weight excluding hydrogens is 374 g/mol. The monoisotopic (exact) mass is 401 g/mol. The van der Waals surface area contributed by atoms with Crippen LogP contribution >= 0.6 is 17.0 Å². The van der Waals surface area contributed by atoms with Gasteiger partial charge in [-0.1, -0.05) is 74.5 Å². The van der Waals surface area contributed by atoms with Crippen molar-refractivity contribution in [3.8, 4) is 0 Å². The van der Waals surface area contributed by atoms with Gasteiger partial charge in [-0.3, -0.25) is 4.79 Å². The Balaban J connectivity index is 0.00000225. The number of piperidine rings is 1. The molecule has 1 fully saturated rings.